The van der Waals surface area contributed by atoms with E-state index in [1.54, 1.807) is 17.0 Å². The van der Waals surface area contributed by atoms with Crippen molar-refractivity contribution in [2.24, 2.45) is 0 Å². The lowest BCUT2D eigenvalue weighted by Crippen LogP contribution is -2.33. The SMILES string of the molecule is O=C(Cc1n[nH]c2c1CCCC2)N1C[C@H](O)C[C@@H]1c1ccc(F)cc1. The third kappa shape index (κ3) is 3.18. The van der Waals surface area contributed by atoms with Crippen LogP contribution < -0.4 is 0 Å². The predicted molar refractivity (Wildman–Crippen MR) is 90.4 cm³/mol. The number of halogens is 1. The first-order valence-electron chi connectivity index (χ1n) is 8.90. The molecule has 1 saturated heterocycles. The van der Waals surface area contributed by atoms with Crippen LogP contribution in [0.2, 0.25) is 0 Å². The number of amides is 1. The molecule has 0 spiro atoms. The minimum absolute atomic E-state index is 0.0363. The number of hydrogen-bond donors (Lipinski definition) is 2. The number of benzene rings is 1. The average molecular weight is 343 g/mol. The Bertz CT molecular complexity index is 771. The van der Waals surface area contributed by atoms with E-state index < -0.39 is 6.10 Å². The van der Waals surface area contributed by atoms with Crippen molar-refractivity contribution in [3.63, 3.8) is 0 Å². The maximum atomic E-state index is 13.2. The van der Waals surface area contributed by atoms with Crippen molar-refractivity contribution in [2.45, 2.75) is 50.7 Å². The molecular formula is C19H22FN3O2. The number of carbonyl (C=O) groups excluding carboxylic acids is 1. The van der Waals surface area contributed by atoms with Gasteiger partial charge in [0, 0.05) is 12.2 Å². The molecule has 2 aromatic rings. The highest BCUT2D eigenvalue weighted by Crippen LogP contribution is 2.33. The van der Waals surface area contributed by atoms with E-state index in [-0.39, 0.29) is 24.2 Å². The molecule has 1 amide bonds. The standard InChI is InChI=1S/C19H22FN3O2/c20-13-7-5-12(6-8-13)18-9-14(24)11-23(18)19(25)10-17-15-3-1-2-4-16(15)21-22-17/h5-8,14,18,24H,1-4,9-11H2,(H,21,22)/t14-,18-/m1/s1. The summed E-state index contributed by atoms with van der Waals surface area (Å²) in [7, 11) is 0. The maximum absolute atomic E-state index is 13.2. The van der Waals surface area contributed by atoms with Gasteiger partial charge in [-0.15, -0.1) is 0 Å². The lowest BCUT2D eigenvalue weighted by molar-refractivity contribution is -0.131. The largest absolute Gasteiger partial charge is 0.391 e. The topological polar surface area (TPSA) is 69.2 Å². The van der Waals surface area contributed by atoms with Crippen LogP contribution in [-0.2, 0) is 24.1 Å². The smallest absolute Gasteiger partial charge is 0.229 e. The fourth-order valence-electron chi connectivity index (χ4n) is 4.03. The van der Waals surface area contributed by atoms with Crippen molar-refractivity contribution in [3.8, 4) is 0 Å². The van der Waals surface area contributed by atoms with E-state index in [0.717, 1.165) is 42.6 Å². The number of aryl methyl sites for hydroxylation is 1. The van der Waals surface area contributed by atoms with Gasteiger partial charge in [0.1, 0.15) is 5.82 Å². The van der Waals surface area contributed by atoms with E-state index >= 15 is 0 Å². The molecule has 132 valence electrons. The van der Waals surface area contributed by atoms with E-state index in [2.05, 4.69) is 10.2 Å². The molecule has 2 N–H and O–H groups in total. The summed E-state index contributed by atoms with van der Waals surface area (Å²) in [6.45, 7) is 0.313. The highest BCUT2D eigenvalue weighted by atomic mass is 19.1. The van der Waals surface area contributed by atoms with Crippen molar-refractivity contribution in [1.29, 1.82) is 0 Å². The van der Waals surface area contributed by atoms with E-state index in [1.807, 2.05) is 0 Å². The minimum atomic E-state index is -0.549. The summed E-state index contributed by atoms with van der Waals surface area (Å²) in [5.41, 5.74) is 4.04. The zero-order valence-electron chi connectivity index (χ0n) is 14.0. The summed E-state index contributed by atoms with van der Waals surface area (Å²) in [5, 5.41) is 17.5. The maximum Gasteiger partial charge on any atom is 0.229 e. The van der Waals surface area contributed by atoms with E-state index in [4.69, 9.17) is 0 Å². The van der Waals surface area contributed by atoms with Gasteiger partial charge in [-0.2, -0.15) is 5.10 Å². The van der Waals surface area contributed by atoms with E-state index in [0.29, 0.717) is 13.0 Å². The predicted octanol–water partition coefficient (Wildman–Crippen LogP) is 2.30. The summed E-state index contributed by atoms with van der Waals surface area (Å²) in [6, 6.07) is 5.96. The molecule has 0 unspecified atom stereocenters. The van der Waals surface area contributed by atoms with Crippen LogP contribution in [0.3, 0.4) is 0 Å². The van der Waals surface area contributed by atoms with Crippen molar-refractivity contribution in [2.75, 3.05) is 6.54 Å². The van der Waals surface area contributed by atoms with Crippen LogP contribution in [-0.4, -0.2) is 38.8 Å². The number of likely N-dealkylation sites (tertiary alicyclic amines) is 1. The van der Waals surface area contributed by atoms with Gasteiger partial charge in [-0.05, 0) is 55.4 Å². The first-order valence-corrected chi connectivity index (χ1v) is 8.90. The Morgan fingerprint density at radius 2 is 2.04 bits per heavy atom. The number of nitrogens with zero attached hydrogens (tertiary/aromatic N) is 2. The summed E-state index contributed by atoms with van der Waals surface area (Å²) in [6.07, 6.45) is 4.44. The Balaban J connectivity index is 1.53. The molecule has 6 heteroatoms. The second-order valence-electron chi connectivity index (χ2n) is 7.01. The second kappa shape index (κ2) is 6.59. The minimum Gasteiger partial charge on any atom is -0.391 e. The first kappa shape index (κ1) is 16.3. The zero-order valence-corrected chi connectivity index (χ0v) is 14.0. The molecule has 0 saturated carbocycles. The molecule has 1 aromatic heterocycles. The Morgan fingerprint density at radius 1 is 1.28 bits per heavy atom. The van der Waals surface area contributed by atoms with Gasteiger partial charge in [-0.1, -0.05) is 12.1 Å². The first-order chi connectivity index (χ1) is 12.1. The molecule has 1 fully saturated rings. The Kier molecular flexibility index (Phi) is 4.29. The number of β-amino-alcohol motifs (C(OH)–C–C–N with tert-alkyl or cyclic N) is 1. The van der Waals surface area contributed by atoms with Crippen LogP contribution in [0, 0.1) is 5.82 Å². The highest BCUT2D eigenvalue weighted by molar-refractivity contribution is 5.79. The summed E-state index contributed by atoms with van der Waals surface area (Å²) < 4.78 is 13.2. The van der Waals surface area contributed by atoms with E-state index in [9.17, 15) is 14.3 Å². The number of hydrogen-bond acceptors (Lipinski definition) is 3. The number of fused-ring (bicyclic) bond motifs is 1. The molecular weight excluding hydrogens is 321 g/mol. The summed E-state index contributed by atoms with van der Waals surface area (Å²) in [4.78, 5) is 14.6. The molecule has 0 radical (unpaired) electrons. The third-order valence-corrected chi connectivity index (χ3v) is 5.31. The quantitative estimate of drug-likeness (QED) is 0.898. The van der Waals surface area contributed by atoms with Gasteiger partial charge < -0.3 is 10.0 Å². The molecule has 1 aromatic carbocycles. The normalized spacial score (nSPS) is 22.9. The van der Waals surface area contributed by atoms with Crippen molar-refractivity contribution >= 4 is 5.91 Å². The fourth-order valence-corrected chi connectivity index (χ4v) is 4.03. The Hall–Kier alpha value is -2.21. The van der Waals surface area contributed by atoms with Crippen LogP contribution in [0.25, 0.3) is 0 Å². The van der Waals surface area contributed by atoms with Crippen LogP contribution >= 0.6 is 0 Å². The summed E-state index contributed by atoms with van der Waals surface area (Å²) in [5.74, 6) is -0.339. The number of carbonyl (C=O) groups is 1. The number of nitrogens with one attached hydrogen (secondary N) is 1. The monoisotopic (exact) mass is 343 g/mol. The molecule has 2 heterocycles. The van der Waals surface area contributed by atoms with Gasteiger partial charge >= 0.3 is 0 Å². The molecule has 2 atom stereocenters. The average Bonchev–Trinajstić information content (AvgIpc) is 3.20. The molecule has 0 bridgehead atoms. The van der Waals surface area contributed by atoms with E-state index in [1.165, 1.54) is 17.7 Å². The van der Waals surface area contributed by atoms with Crippen LogP contribution in [0.5, 0.6) is 0 Å². The number of H-pyrrole nitrogens is 1. The van der Waals surface area contributed by atoms with Gasteiger partial charge in [0.15, 0.2) is 0 Å². The second-order valence-corrected chi connectivity index (χ2v) is 7.01. The van der Waals surface area contributed by atoms with Gasteiger partial charge in [0.05, 0.1) is 24.3 Å². The highest BCUT2D eigenvalue weighted by Gasteiger charge is 2.35. The van der Waals surface area contributed by atoms with Crippen LogP contribution in [0.15, 0.2) is 24.3 Å². The van der Waals surface area contributed by atoms with Gasteiger partial charge in [0.25, 0.3) is 0 Å². The number of aliphatic hydroxyl groups is 1. The van der Waals surface area contributed by atoms with Gasteiger partial charge in [-0.25, -0.2) is 4.39 Å². The van der Waals surface area contributed by atoms with Crippen molar-refractivity contribution in [3.05, 3.63) is 52.6 Å². The van der Waals surface area contributed by atoms with Crippen LogP contribution in [0.4, 0.5) is 4.39 Å². The molecule has 1 aliphatic heterocycles. The fraction of sp³-hybridized carbons (Fsp3) is 0.474. The third-order valence-electron chi connectivity index (χ3n) is 5.31. The molecule has 2 aliphatic rings. The zero-order chi connectivity index (χ0) is 17.4. The lowest BCUT2D eigenvalue weighted by atomic mass is 9.95. The number of rotatable bonds is 3. The van der Waals surface area contributed by atoms with Gasteiger partial charge in [-0.3, -0.25) is 9.89 Å². The lowest BCUT2D eigenvalue weighted by Gasteiger charge is -2.25. The molecule has 5 nitrogen and oxygen atoms in total. The van der Waals surface area contributed by atoms with Gasteiger partial charge in [0.2, 0.25) is 5.91 Å². The van der Waals surface area contributed by atoms with Crippen LogP contribution in [0.1, 0.15) is 47.8 Å². The molecule has 4 rings (SSSR count). The Morgan fingerprint density at radius 3 is 2.84 bits per heavy atom. The Labute approximate surface area is 145 Å². The summed E-state index contributed by atoms with van der Waals surface area (Å²) >= 11 is 0. The molecule has 1 aliphatic carbocycles. The molecule has 25 heavy (non-hydrogen) atoms. The number of aromatic amines is 1. The van der Waals surface area contributed by atoms with Crippen molar-refractivity contribution < 1.29 is 14.3 Å². The number of aliphatic hydroxyl groups excluding tert-OH is 1. The number of aromatic nitrogens is 2. The van der Waals surface area contributed by atoms with Crippen molar-refractivity contribution in [1.82, 2.24) is 15.1 Å².